The molecule has 0 aromatic carbocycles. The molecule has 5 heteroatoms. The summed E-state index contributed by atoms with van der Waals surface area (Å²) in [6, 6.07) is -0.366. The fourth-order valence-electron chi connectivity index (χ4n) is 3.01. The van der Waals surface area contributed by atoms with Crippen LogP contribution in [0.1, 0.15) is 51.9 Å². The molecule has 0 N–H and O–H groups in total. The first-order chi connectivity index (χ1) is 9.72. The van der Waals surface area contributed by atoms with Gasteiger partial charge in [0.25, 0.3) is 0 Å². The topological polar surface area (TPSA) is 55.8 Å². The molecule has 2 atom stereocenters. The highest BCUT2D eigenvalue weighted by molar-refractivity contribution is 5.85. The molecule has 0 radical (unpaired) electrons. The molecule has 1 amide bonds. The fraction of sp³-hybridized carbons (Fsp3) is 0.867. The average Bonchev–Trinajstić information content (AvgIpc) is 2.96. The van der Waals surface area contributed by atoms with Gasteiger partial charge in [0, 0.05) is 19.6 Å². The van der Waals surface area contributed by atoms with E-state index in [2.05, 4.69) is 0 Å². The molecular weight excluding hydrogens is 258 g/mol. The van der Waals surface area contributed by atoms with Gasteiger partial charge in [-0.1, -0.05) is 0 Å². The second kappa shape index (κ2) is 7.62. The molecule has 0 saturated carbocycles. The minimum Gasteiger partial charge on any atom is -0.464 e. The number of esters is 1. The molecule has 0 aromatic heterocycles. The maximum absolute atomic E-state index is 12.3. The van der Waals surface area contributed by atoms with E-state index in [1.165, 1.54) is 6.42 Å². The van der Waals surface area contributed by atoms with Gasteiger partial charge in [0.1, 0.15) is 6.04 Å². The quantitative estimate of drug-likeness (QED) is 0.723. The van der Waals surface area contributed by atoms with E-state index in [9.17, 15) is 9.59 Å². The van der Waals surface area contributed by atoms with Gasteiger partial charge in [-0.25, -0.2) is 4.79 Å². The first kappa shape index (κ1) is 15.3. The number of ether oxygens (including phenoxy) is 2. The average molecular weight is 283 g/mol. The third-order valence-electron chi connectivity index (χ3n) is 4.09. The highest BCUT2D eigenvalue weighted by atomic mass is 16.5. The van der Waals surface area contributed by atoms with Gasteiger partial charge in [0.2, 0.25) is 5.91 Å². The summed E-state index contributed by atoms with van der Waals surface area (Å²) in [4.78, 5) is 25.8. The van der Waals surface area contributed by atoms with E-state index in [4.69, 9.17) is 9.47 Å². The Hall–Kier alpha value is -1.10. The van der Waals surface area contributed by atoms with E-state index in [0.717, 1.165) is 38.7 Å². The molecule has 2 aliphatic rings. The van der Waals surface area contributed by atoms with Crippen LogP contribution in [0.25, 0.3) is 0 Å². The fourth-order valence-corrected chi connectivity index (χ4v) is 3.01. The Kier molecular flexibility index (Phi) is 5.83. The number of likely N-dealkylation sites (tertiary alicyclic amines) is 1. The molecule has 0 spiro atoms. The lowest BCUT2D eigenvalue weighted by molar-refractivity contribution is -0.153. The Bertz CT molecular complexity index is 339. The predicted molar refractivity (Wildman–Crippen MR) is 74.2 cm³/mol. The van der Waals surface area contributed by atoms with E-state index in [1.807, 2.05) is 0 Å². The van der Waals surface area contributed by atoms with Crippen LogP contribution in [0.5, 0.6) is 0 Å². The summed E-state index contributed by atoms with van der Waals surface area (Å²) in [6.45, 7) is 3.65. The predicted octanol–water partition coefficient (Wildman–Crippen LogP) is 1.89. The lowest BCUT2D eigenvalue weighted by Gasteiger charge is -2.25. The number of carbonyl (C=O) groups excluding carboxylic acids is 2. The molecule has 0 bridgehead atoms. The van der Waals surface area contributed by atoms with Crippen molar-refractivity contribution in [2.75, 3.05) is 19.8 Å². The van der Waals surface area contributed by atoms with Crippen LogP contribution >= 0.6 is 0 Å². The Morgan fingerprint density at radius 2 is 2.10 bits per heavy atom. The van der Waals surface area contributed by atoms with Gasteiger partial charge in [0.05, 0.1) is 12.7 Å². The molecule has 2 saturated heterocycles. The van der Waals surface area contributed by atoms with Gasteiger partial charge < -0.3 is 14.4 Å². The zero-order valence-corrected chi connectivity index (χ0v) is 12.3. The number of carbonyl (C=O) groups is 2. The van der Waals surface area contributed by atoms with Gasteiger partial charge in [-0.05, 0) is 45.4 Å². The highest BCUT2D eigenvalue weighted by Gasteiger charge is 2.34. The van der Waals surface area contributed by atoms with E-state index >= 15 is 0 Å². The first-order valence-electron chi connectivity index (χ1n) is 7.80. The molecule has 114 valence electrons. The highest BCUT2D eigenvalue weighted by Crippen LogP contribution is 2.22. The summed E-state index contributed by atoms with van der Waals surface area (Å²) >= 11 is 0. The number of nitrogens with zero attached hydrogens (tertiary/aromatic N) is 1. The van der Waals surface area contributed by atoms with Crippen molar-refractivity contribution in [1.82, 2.24) is 4.90 Å². The van der Waals surface area contributed by atoms with Crippen LogP contribution < -0.4 is 0 Å². The van der Waals surface area contributed by atoms with E-state index in [1.54, 1.807) is 11.8 Å². The van der Waals surface area contributed by atoms with Gasteiger partial charge in [-0.15, -0.1) is 0 Å². The van der Waals surface area contributed by atoms with Crippen molar-refractivity contribution in [2.45, 2.75) is 64.0 Å². The first-order valence-corrected chi connectivity index (χ1v) is 7.80. The van der Waals surface area contributed by atoms with Gasteiger partial charge >= 0.3 is 5.97 Å². The van der Waals surface area contributed by atoms with Crippen LogP contribution in [0.2, 0.25) is 0 Å². The molecule has 2 aliphatic heterocycles. The van der Waals surface area contributed by atoms with Crippen molar-refractivity contribution in [1.29, 1.82) is 0 Å². The minimum absolute atomic E-state index is 0.0646. The van der Waals surface area contributed by atoms with Crippen molar-refractivity contribution >= 4 is 11.9 Å². The number of amides is 1. The Morgan fingerprint density at radius 3 is 2.80 bits per heavy atom. The van der Waals surface area contributed by atoms with Gasteiger partial charge in [-0.3, -0.25) is 4.79 Å². The SMILES string of the molecule is CCOC(=O)C1CCCN1C(=O)CCC1CCCCO1. The van der Waals surface area contributed by atoms with Crippen LogP contribution in [0.15, 0.2) is 0 Å². The molecule has 20 heavy (non-hydrogen) atoms. The van der Waals surface area contributed by atoms with Crippen LogP contribution in [0, 0.1) is 0 Å². The van der Waals surface area contributed by atoms with Crippen molar-refractivity contribution in [2.24, 2.45) is 0 Å². The van der Waals surface area contributed by atoms with Crippen LogP contribution in [0.3, 0.4) is 0 Å². The second-order valence-corrected chi connectivity index (χ2v) is 5.52. The maximum Gasteiger partial charge on any atom is 0.328 e. The normalized spacial score (nSPS) is 26.6. The maximum atomic E-state index is 12.3. The van der Waals surface area contributed by atoms with Crippen molar-refractivity contribution in [3.05, 3.63) is 0 Å². The number of hydrogen-bond donors (Lipinski definition) is 0. The van der Waals surface area contributed by atoms with E-state index in [0.29, 0.717) is 19.6 Å². The van der Waals surface area contributed by atoms with Crippen molar-refractivity contribution in [3.8, 4) is 0 Å². The minimum atomic E-state index is -0.366. The molecule has 0 aliphatic carbocycles. The number of hydrogen-bond acceptors (Lipinski definition) is 4. The van der Waals surface area contributed by atoms with Gasteiger partial charge in [-0.2, -0.15) is 0 Å². The lowest BCUT2D eigenvalue weighted by Crippen LogP contribution is -2.41. The smallest absolute Gasteiger partial charge is 0.328 e. The zero-order valence-electron chi connectivity index (χ0n) is 12.3. The summed E-state index contributed by atoms with van der Waals surface area (Å²) in [7, 11) is 0. The molecule has 2 fully saturated rings. The zero-order chi connectivity index (χ0) is 14.4. The summed E-state index contributed by atoms with van der Waals surface area (Å²) < 4.78 is 10.7. The summed E-state index contributed by atoms with van der Waals surface area (Å²) in [5, 5.41) is 0. The molecule has 5 nitrogen and oxygen atoms in total. The lowest BCUT2D eigenvalue weighted by atomic mass is 10.0. The van der Waals surface area contributed by atoms with Crippen molar-refractivity contribution in [3.63, 3.8) is 0 Å². The standard InChI is InChI=1S/C15H25NO4/c1-2-19-15(18)13-7-5-10-16(13)14(17)9-8-12-6-3-4-11-20-12/h12-13H,2-11H2,1H3. The summed E-state index contributed by atoms with van der Waals surface area (Å²) in [5.41, 5.74) is 0. The second-order valence-electron chi connectivity index (χ2n) is 5.52. The van der Waals surface area contributed by atoms with Crippen LogP contribution in [-0.4, -0.2) is 48.7 Å². The summed E-state index contributed by atoms with van der Waals surface area (Å²) in [5.74, 6) is -0.193. The molecule has 2 rings (SSSR count). The van der Waals surface area contributed by atoms with Crippen LogP contribution in [0.4, 0.5) is 0 Å². The molecular formula is C15H25NO4. The summed E-state index contributed by atoms with van der Waals surface area (Å²) in [6.07, 6.45) is 6.44. The third-order valence-corrected chi connectivity index (χ3v) is 4.09. The largest absolute Gasteiger partial charge is 0.464 e. The third kappa shape index (κ3) is 3.95. The Morgan fingerprint density at radius 1 is 1.25 bits per heavy atom. The number of rotatable bonds is 5. The van der Waals surface area contributed by atoms with E-state index < -0.39 is 0 Å². The Labute approximate surface area is 120 Å². The van der Waals surface area contributed by atoms with Gasteiger partial charge in [0.15, 0.2) is 0 Å². The molecule has 2 unspecified atom stereocenters. The Balaban J connectivity index is 1.79. The van der Waals surface area contributed by atoms with Crippen LogP contribution in [-0.2, 0) is 19.1 Å². The van der Waals surface area contributed by atoms with Crippen molar-refractivity contribution < 1.29 is 19.1 Å². The molecule has 0 aromatic rings. The molecule has 2 heterocycles. The van der Waals surface area contributed by atoms with E-state index in [-0.39, 0.29) is 24.0 Å². The monoisotopic (exact) mass is 283 g/mol.